The Morgan fingerprint density at radius 2 is 1.94 bits per heavy atom. The van der Waals surface area contributed by atoms with Gasteiger partial charge in [0.2, 0.25) is 5.91 Å². The third kappa shape index (κ3) is 5.48. The number of nitrogens with two attached hydrogens (primary N) is 1. The van der Waals surface area contributed by atoms with Gasteiger partial charge in [-0.3, -0.25) is 4.79 Å². The fourth-order valence-electron chi connectivity index (χ4n) is 3.58. The molecule has 162 valence electrons. The molecule has 1 aliphatic rings. The normalized spacial score (nSPS) is 14.5. The number of nitrogens with zero attached hydrogens (tertiary/aromatic N) is 4. The molecule has 2 aromatic rings. The highest BCUT2D eigenvalue weighted by Gasteiger charge is 2.27. The van der Waals surface area contributed by atoms with E-state index < -0.39 is 11.2 Å². The van der Waals surface area contributed by atoms with Gasteiger partial charge in [-0.2, -0.15) is 10.5 Å². The molecule has 7 nitrogen and oxygen atoms in total. The van der Waals surface area contributed by atoms with Crippen LogP contribution in [0.1, 0.15) is 40.8 Å². The highest BCUT2D eigenvalue weighted by Crippen LogP contribution is 2.39. The number of anilines is 1. The van der Waals surface area contributed by atoms with Gasteiger partial charge in [0.25, 0.3) is 0 Å². The minimum absolute atomic E-state index is 0. The number of carbonyl (C=O) groups is 1. The molecule has 0 bridgehead atoms. The number of thioether (sulfide) groups is 1. The Balaban J connectivity index is 0.00000341. The van der Waals surface area contributed by atoms with Crippen LogP contribution in [0.3, 0.4) is 0 Å². The number of nitrogens with one attached hydrogen (secondary N) is 1. The van der Waals surface area contributed by atoms with Gasteiger partial charge < -0.3 is 16.0 Å². The highest BCUT2D eigenvalue weighted by molar-refractivity contribution is 8.00. The first kappa shape index (κ1) is 24.5. The van der Waals surface area contributed by atoms with Crippen LogP contribution in [0.4, 0.5) is 5.82 Å². The minimum Gasteiger partial charge on any atom is -0.368 e. The van der Waals surface area contributed by atoms with Crippen LogP contribution in [0.15, 0.2) is 35.4 Å². The number of aromatic nitrogens is 1. The zero-order valence-corrected chi connectivity index (χ0v) is 18.9. The fraction of sp³-hybridized carbons (Fsp3) is 0.364. The number of nitriles is 2. The lowest BCUT2D eigenvalue weighted by Crippen LogP contribution is -2.30. The molecule has 9 heteroatoms. The van der Waals surface area contributed by atoms with Gasteiger partial charge in [0.15, 0.2) is 0 Å². The molecule has 0 saturated carbocycles. The maximum Gasteiger partial charge on any atom is 0.235 e. The van der Waals surface area contributed by atoms with E-state index in [-0.39, 0.29) is 12.4 Å². The lowest BCUT2D eigenvalue weighted by Gasteiger charge is -2.25. The lowest BCUT2D eigenvalue weighted by molar-refractivity contribution is -0.117. The summed E-state index contributed by atoms with van der Waals surface area (Å²) in [5.74, 6) is 0.0793. The molecular weight excluding hydrogens is 432 g/mol. The number of benzene rings is 1. The van der Waals surface area contributed by atoms with Gasteiger partial charge in [-0.1, -0.05) is 49.0 Å². The molecule has 0 radical (unpaired) electrons. The maximum atomic E-state index is 12.2. The van der Waals surface area contributed by atoms with Crippen molar-refractivity contribution in [3.63, 3.8) is 0 Å². The molecule has 0 aliphatic carbocycles. The number of rotatable bonds is 6. The summed E-state index contributed by atoms with van der Waals surface area (Å²) in [5.41, 5.74) is 7.90. The van der Waals surface area contributed by atoms with E-state index in [0.29, 0.717) is 34.0 Å². The second-order valence-corrected chi connectivity index (χ2v) is 8.04. The molecule has 3 N–H and O–H groups in total. The summed E-state index contributed by atoms with van der Waals surface area (Å²) in [6, 6.07) is 13.7. The fourth-order valence-corrected chi connectivity index (χ4v) is 4.64. The van der Waals surface area contributed by atoms with Crippen molar-refractivity contribution in [2.75, 3.05) is 31.1 Å². The zero-order chi connectivity index (χ0) is 21.5. The zero-order valence-electron chi connectivity index (χ0n) is 17.3. The second-order valence-electron chi connectivity index (χ2n) is 6.95. The lowest BCUT2D eigenvalue weighted by atomic mass is 10.0. The first-order valence-electron chi connectivity index (χ1n) is 9.94. The summed E-state index contributed by atoms with van der Waals surface area (Å²) < 4.78 is 0. The van der Waals surface area contributed by atoms with Crippen LogP contribution in [0.5, 0.6) is 0 Å². The monoisotopic (exact) mass is 456 g/mol. The van der Waals surface area contributed by atoms with Crippen molar-refractivity contribution in [3.05, 3.63) is 52.6 Å². The van der Waals surface area contributed by atoms with Crippen molar-refractivity contribution in [2.24, 2.45) is 5.73 Å². The molecule has 1 atom stereocenters. The molecule has 0 spiro atoms. The predicted molar refractivity (Wildman–Crippen MR) is 124 cm³/mol. The van der Waals surface area contributed by atoms with Crippen LogP contribution >= 0.6 is 24.2 Å². The summed E-state index contributed by atoms with van der Waals surface area (Å²) in [5, 5.41) is 22.8. The van der Waals surface area contributed by atoms with Crippen molar-refractivity contribution in [2.45, 2.75) is 30.0 Å². The molecule has 3 rings (SSSR count). The number of pyridine rings is 1. The van der Waals surface area contributed by atoms with Crippen LogP contribution in [0.2, 0.25) is 0 Å². The summed E-state index contributed by atoms with van der Waals surface area (Å²) in [4.78, 5) is 19.1. The van der Waals surface area contributed by atoms with Crippen LogP contribution < -0.4 is 16.0 Å². The molecule has 1 amide bonds. The maximum absolute atomic E-state index is 12.2. The smallest absolute Gasteiger partial charge is 0.235 e. The van der Waals surface area contributed by atoms with Gasteiger partial charge in [-0.05, 0) is 30.5 Å². The number of carbonyl (C=O) groups excluding carboxylic acids is 1. The molecule has 1 saturated heterocycles. The van der Waals surface area contributed by atoms with E-state index in [1.165, 1.54) is 11.8 Å². The largest absolute Gasteiger partial charge is 0.368 e. The van der Waals surface area contributed by atoms with E-state index in [9.17, 15) is 15.3 Å². The Bertz CT molecular complexity index is 994. The first-order chi connectivity index (χ1) is 14.6. The van der Waals surface area contributed by atoms with E-state index in [1.807, 2.05) is 37.3 Å². The summed E-state index contributed by atoms with van der Waals surface area (Å²) >= 11 is 1.17. The quantitative estimate of drug-likeness (QED) is 0.641. The summed E-state index contributed by atoms with van der Waals surface area (Å²) in [6.07, 6.45) is 1.46. The van der Waals surface area contributed by atoms with Crippen LogP contribution in [0.25, 0.3) is 0 Å². The molecular formula is C22H25ClN6OS. The molecule has 1 aromatic heterocycles. The molecule has 1 aliphatic heterocycles. The molecule has 1 unspecified atom stereocenters. The Labute approximate surface area is 193 Å². The Kier molecular flexibility index (Phi) is 9.14. The SMILES string of the molecule is CCc1c(C#N)c(SC(C(N)=O)c2ccccc2)nc(N2CCCNCC2)c1C#N.Cl. The third-order valence-electron chi connectivity index (χ3n) is 5.06. The van der Waals surface area contributed by atoms with Gasteiger partial charge in [0, 0.05) is 19.6 Å². The third-order valence-corrected chi connectivity index (χ3v) is 6.31. The van der Waals surface area contributed by atoms with Gasteiger partial charge in [-0.25, -0.2) is 4.98 Å². The first-order valence-corrected chi connectivity index (χ1v) is 10.8. The van der Waals surface area contributed by atoms with Gasteiger partial charge in [0.05, 0.1) is 11.1 Å². The van der Waals surface area contributed by atoms with Crippen molar-refractivity contribution < 1.29 is 4.79 Å². The van der Waals surface area contributed by atoms with E-state index >= 15 is 0 Å². The van der Waals surface area contributed by atoms with Crippen molar-refractivity contribution in [1.82, 2.24) is 10.3 Å². The number of halogens is 1. The average Bonchev–Trinajstić information content (AvgIpc) is 3.06. The van der Waals surface area contributed by atoms with Gasteiger partial charge in [0.1, 0.15) is 28.2 Å². The van der Waals surface area contributed by atoms with Gasteiger partial charge in [-0.15, -0.1) is 12.4 Å². The topological polar surface area (TPSA) is 119 Å². The van der Waals surface area contributed by atoms with E-state index in [2.05, 4.69) is 22.4 Å². The van der Waals surface area contributed by atoms with E-state index in [4.69, 9.17) is 10.7 Å². The van der Waals surface area contributed by atoms with Crippen LogP contribution in [-0.2, 0) is 11.2 Å². The Morgan fingerprint density at radius 1 is 1.23 bits per heavy atom. The number of hydrogen-bond donors (Lipinski definition) is 2. The number of amides is 1. The number of primary amides is 1. The van der Waals surface area contributed by atoms with Crippen molar-refractivity contribution in [3.8, 4) is 12.1 Å². The second kappa shape index (κ2) is 11.6. The molecule has 1 aromatic carbocycles. The summed E-state index contributed by atoms with van der Waals surface area (Å²) in [7, 11) is 0. The minimum atomic E-state index is -0.679. The highest BCUT2D eigenvalue weighted by atomic mass is 35.5. The summed E-state index contributed by atoms with van der Waals surface area (Å²) in [6.45, 7) is 5.12. The average molecular weight is 457 g/mol. The van der Waals surface area contributed by atoms with E-state index in [1.54, 1.807) is 0 Å². The predicted octanol–water partition coefficient (Wildman–Crippen LogP) is 2.93. The molecule has 2 heterocycles. The standard InChI is InChI=1S/C22H24N6OS.ClH/c1-2-16-17(13-23)21(28-11-6-9-26-10-12-28)27-22(18(16)14-24)30-19(20(25)29)15-7-4-3-5-8-15;/h3-5,7-8,19,26H,2,6,9-12H2,1H3,(H2,25,29);1H. The van der Waals surface area contributed by atoms with Crippen molar-refractivity contribution in [1.29, 1.82) is 10.5 Å². The van der Waals surface area contributed by atoms with E-state index in [0.717, 1.165) is 38.2 Å². The van der Waals surface area contributed by atoms with Crippen LogP contribution in [-0.4, -0.2) is 37.1 Å². The number of hydrogen-bond acceptors (Lipinski definition) is 7. The molecule has 1 fully saturated rings. The Hall–Kier alpha value is -2.78. The molecule has 31 heavy (non-hydrogen) atoms. The van der Waals surface area contributed by atoms with Crippen LogP contribution in [0, 0.1) is 22.7 Å². The Morgan fingerprint density at radius 3 is 2.55 bits per heavy atom. The van der Waals surface area contributed by atoms with Gasteiger partial charge >= 0.3 is 0 Å². The van der Waals surface area contributed by atoms with Crippen molar-refractivity contribution >= 4 is 35.9 Å².